The summed E-state index contributed by atoms with van der Waals surface area (Å²) < 4.78 is 13.2. The van der Waals surface area contributed by atoms with Gasteiger partial charge in [-0.1, -0.05) is 53.2 Å². The van der Waals surface area contributed by atoms with Gasteiger partial charge in [0.2, 0.25) is 0 Å². The molecule has 0 radical (unpaired) electrons. The summed E-state index contributed by atoms with van der Waals surface area (Å²) in [6.45, 7) is 5.69. The number of hydrogen-bond acceptors (Lipinski definition) is 6. The first kappa shape index (κ1) is 24.6. The highest BCUT2D eigenvalue weighted by molar-refractivity contribution is 9.10. The molecule has 180 valence electrons. The number of rotatable bonds is 8. The first-order valence-corrected chi connectivity index (χ1v) is 12.3. The van der Waals surface area contributed by atoms with E-state index in [4.69, 9.17) is 14.5 Å². The average Bonchev–Trinajstić information content (AvgIpc) is 2.85. The van der Waals surface area contributed by atoms with Crippen LogP contribution in [0, 0.1) is 0 Å². The summed E-state index contributed by atoms with van der Waals surface area (Å²) in [5.74, 6) is 0.593. The molecule has 0 fully saturated rings. The number of halogens is 1. The van der Waals surface area contributed by atoms with Crippen molar-refractivity contribution in [2.75, 3.05) is 6.61 Å². The molecule has 0 saturated carbocycles. The van der Waals surface area contributed by atoms with Crippen LogP contribution >= 0.6 is 15.9 Å². The number of nitrogens with zero attached hydrogens (tertiary/aromatic N) is 3. The Hall–Kier alpha value is -3.52. The van der Waals surface area contributed by atoms with E-state index in [0.29, 0.717) is 34.5 Å². The van der Waals surface area contributed by atoms with Crippen molar-refractivity contribution in [3.63, 3.8) is 0 Å². The molecular formula is C27H26BrN3O4. The molecule has 0 saturated heterocycles. The molecule has 0 aliphatic rings. The van der Waals surface area contributed by atoms with Gasteiger partial charge in [-0.3, -0.25) is 4.79 Å². The van der Waals surface area contributed by atoms with Crippen molar-refractivity contribution in [1.29, 1.82) is 0 Å². The van der Waals surface area contributed by atoms with Gasteiger partial charge in [0.15, 0.2) is 6.10 Å². The van der Waals surface area contributed by atoms with Crippen molar-refractivity contribution in [3.8, 4) is 5.75 Å². The number of ether oxygens (including phenoxy) is 2. The van der Waals surface area contributed by atoms with E-state index in [1.54, 1.807) is 32.2 Å². The van der Waals surface area contributed by atoms with Gasteiger partial charge < -0.3 is 9.47 Å². The Balaban J connectivity index is 1.85. The summed E-state index contributed by atoms with van der Waals surface area (Å²) in [5, 5.41) is 6.91. The largest absolute Gasteiger partial charge is 0.478 e. The topological polar surface area (TPSA) is 82.8 Å². The standard InChI is InChI=1S/C27H26BrN3O4/c1-4-8-25-30-23-13-12-19(28)15-21(23)26(32)31(25)29-16-22-20-10-7-6-9-18(20)11-14-24(22)35-17(3)27(33)34-5-2/h6-7,9-17H,4-5,8H2,1-3H3/t17-/m0/s1. The molecule has 0 amide bonds. The summed E-state index contributed by atoms with van der Waals surface area (Å²) in [7, 11) is 0. The number of carbonyl (C=O) groups excluding carboxylic acids is 1. The normalized spacial score (nSPS) is 12.3. The van der Waals surface area contributed by atoms with E-state index in [0.717, 1.165) is 21.7 Å². The highest BCUT2D eigenvalue weighted by atomic mass is 79.9. The predicted molar refractivity (Wildman–Crippen MR) is 141 cm³/mol. The number of aryl methyl sites for hydroxylation is 1. The first-order valence-electron chi connectivity index (χ1n) is 11.5. The predicted octanol–water partition coefficient (Wildman–Crippen LogP) is 5.48. The van der Waals surface area contributed by atoms with E-state index in [1.807, 2.05) is 49.4 Å². The summed E-state index contributed by atoms with van der Waals surface area (Å²) in [5.41, 5.74) is 1.03. The molecule has 1 aromatic heterocycles. The van der Waals surface area contributed by atoms with Gasteiger partial charge in [-0.05, 0) is 55.3 Å². The lowest BCUT2D eigenvalue weighted by molar-refractivity contribution is -0.150. The molecule has 0 aliphatic heterocycles. The zero-order chi connectivity index (χ0) is 24.9. The van der Waals surface area contributed by atoms with E-state index in [1.165, 1.54) is 4.68 Å². The molecule has 8 heteroatoms. The molecular weight excluding hydrogens is 510 g/mol. The second-order valence-electron chi connectivity index (χ2n) is 8.01. The number of carbonyl (C=O) groups is 1. The smallest absolute Gasteiger partial charge is 0.347 e. The van der Waals surface area contributed by atoms with Crippen LogP contribution in [-0.2, 0) is 16.0 Å². The van der Waals surface area contributed by atoms with Crippen molar-refractivity contribution in [2.24, 2.45) is 5.10 Å². The molecule has 0 spiro atoms. The van der Waals surface area contributed by atoms with Crippen LogP contribution in [0.3, 0.4) is 0 Å². The number of aromatic nitrogens is 2. The lowest BCUT2D eigenvalue weighted by Crippen LogP contribution is -2.26. The molecule has 4 rings (SSSR count). The lowest BCUT2D eigenvalue weighted by Gasteiger charge is -2.16. The highest BCUT2D eigenvalue weighted by Crippen LogP contribution is 2.28. The Bertz CT molecular complexity index is 1480. The minimum absolute atomic E-state index is 0.251. The molecule has 35 heavy (non-hydrogen) atoms. The van der Waals surface area contributed by atoms with Crippen LogP contribution in [0.15, 0.2) is 69.0 Å². The van der Waals surface area contributed by atoms with Crippen molar-refractivity contribution in [1.82, 2.24) is 9.66 Å². The summed E-state index contributed by atoms with van der Waals surface area (Å²) in [4.78, 5) is 30.2. The minimum atomic E-state index is -0.804. The fraction of sp³-hybridized carbons (Fsp3) is 0.259. The fourth-order valence-corrected chi connectivity index (χ4v) is 4.19. The Morgan fingerprint density at radius 1 is 1.14 bits per heavy atom. The Labute approximate surface area is 211 Å². The summed E-state index contributed by atoms with van der Waals surface area (Å²) >= 11 is 3.43. The maximum Gasteiger partial charge on any atom is 0.347 e. The number of esters is 1. The second kappa shape index (κ2) is 10.8. The molecule has 0 unspecified atom stereocenters. The number of hydrogen-bond donors (Lipinski definition) is 0. The minimum Gasteiger partial charge on any atom is -0.478 e. The van der Waals surface area contributed by atoms with Crippen molar-refractivity contribution < 1.29 is 14.3 Å². The van der Waals surface area contributed by atoms with Crippen molar-refractivity contribution >= 4 is 49.8 Å². The van der Waals surface area contributed by atoms with Crippen molar-refractivity contribution in [2.45, 2.75) is 39.7 Å². The third kappa shape index (κ3) is 5.27. The molecule has 0 N–H and O–H groups in total. The van der Waals surface area contributed by atoms with Gasteiger partial charge in [0, 0.05) is 16.5 Å². The third-order valence-electron chi connectivity index (χ3n) is 5.50. The van der Waals surface area contributed by atoms with E-state index in [2.05, 4.69) is 21.0 Å². The van der Waals surface area contributed by atoms with Crippen LogP contribution in [-0.4, -0.2) is 34.6 Å². The van der Waals surface area contributed by atoms with Crippen LogP contribution in [0.5, 0.6) is 5.75 Å². The zero-order valence-electron chi connectivity index (χ0n) is 19.8. The van der Waals surface area contributed by atoms with E-state index in [9.17, 15) is 9.59 Å². The van der Waals surface area contributed by atoms with Gasteiger partial charge in [0.25, 0.3) is 5.56 Å². The van der Waals surface area contributed by atoms with Crippen LogP contribution in [0.1, 0.15) is 38.6 Å². The maximum absolute atomic E-state index is 13.4. The quantitative estimate of drug-likeness (QED) is 0.220. The average molecular weight is 536 g/mol. The van der Waals surface area contributed by atoms with Crippen LogP contribution < -0.4 is 10.3 Å². The Morgan fingerprint density at radius 3 is 2.71 bits per heavy atom. The zero-order valence-corrected chi connectivity index (χ0v) is 21.4. The third-order valence-corrected chi connectivity index (χ3v) is 6.00. The first-order chi connectivity index (χ1) is 16.9. The Morgan fingerprint density at radius 2 is 1.94 bits per heavy atom. The van der Waals surface area contributed by atoms with Gasteiger partial charge in [-0.15, -0.1) is 0 Å². The monoisotopic (exact) mass is 535 g/mol. The number of benzene rings is 3. The van der Waals surface area contributed by atoms with E-state index >= 15 is 0 Å². The maximum atomic E-state index is 13.4. The summed E-state index contributed by atoms with van der Waals surface area (Å²) in [6, 6.07) is 16.9. The Kier molecular flexibility index (Phi) is 7.60. The molecule has 3 aromatic carbocycles. The molecule has 0 bridgehead atoms. The van der Waals surface area contributed by atoms with Gasteiger partial charge in [-0.2, -0.15) is 9.78 Å². The number of fused-ring (bicyclic) bond motifs is 2. The molecule has 1 heterocycles. The fourth-order valence-electron chi connectivity index (χ4n) is 3.82. The van der Waals surface area contributed by atoms with Crippen LogP contribution in [0.2, 0.25) is 0 Å². The van der Waals surface area contributed by atoms with Gasteiger partial charge in [-0.25, -0.2) is 9.78 Å². The van der Waals surface area contributed by atoms with Crippen molar-refractivity contribution in [3.05, 3.63) is 80.8 Å². The van der Waals surface area contributed by atoms with E-state index < -0.39 is 12.1 Å². The second-order valence-corrected chi connectivity index (χ2v) is 8.93. The van der Waals surface area contributed by atoms with Gasteiger partial charge in [0.05, 0.1) is 23.7 Å². The molecule has 7 nitrogen and oxygen atoms in total. The molecule has 0 aliphatic carbocycles. The van der Waals surface area contributed by atoms with Gasteiger partial charge in [0.1, 0.15) is 11.6 Å². The van der Waals surface area contributed by atoms with Crippen LogP contribution in [0.25, 0.3) is 21.7 Å². The SMILES string of the molecule is CCCc1nc2ccc(Br)cc2c(=O)n1N=Cc1c(O[C@@H](C)C(=O)OCC)ccc2ccccc12. The lowest BCUT2D eigenvalue weighted by atomic mass is 10.0. The van der Waals surface area contributed by atoms with Gasteiger partial charge >= 0.3 is 5.97 Å². The molecule has 1 atom stereocenters. The van der Waals surface area contributed by atoms with E-state index in [-0.39, 0.29) is 12.2 Å². The highest BCUT2D eigenvalue weighted by Gasteiger charge is 2.18. The van der Waals surface area contributed by atoms with Crippen LogP contribution in [0.4, 0.5) is 0 Å². The molecule has 4 aromatic rings. The summed E-state index contributed by atoms with van der Waals surface area (Å²) in [6.07, 6.45) is 2.20.